The number of ether oxygens (including phenoxy) is 2. The Morgan fingerprint density at radius 2 is 0.902 bits per heavy atom. The number of carbonyl (C=O) groups excluding carboxylic acids is 2. The molecule has 348 valence electrons. The molecular formula is C51H86NO8P. The lowest BCUT2D eigenvalue weighted by Gasteiger charge is -2.19. The van der Waals surface area contributed by atoms with Gasteiger partial charge in [-0.05, 0) is 77.0 Å². The highest BCUT2D eigenvalue weighted by atomic mass is 31.2. The third-order valence-electron chi connectivity index (χ3n) is 9.48. The van der Waals surface area contributed by atoms with E-state index in [2.05, 4.69) is 111 Å². The van der Waals surface area contributed by atoms with Crippen molar-refractivity contribution in [1.29, 1.82) is 0 Å². The van der Waals surface area contributed by atoms with E-state index < -0.39 is 32.5 Å². The lowest BCUT2D eigenvalue weighted by molar-refractivity contribution is -0.161. The molecule has 0 heterocycles. The smallest absolute Gasteiger partial charge is 0.462 e. The average Bonchev–Trinajstić information content (AvgIpc) is 3.25. The summed E-state index contributed by atoms with van der Waals surface area (Å²) in [5, 5.41) is 0. The van der Waals surface area contributed by atoms with E-state index in [0.29, 0.717) is 6.42 Å². The van der Waals surface area contributed by atoms with E-state index in [9.17, 15) is 19.0 Å². The fourth-order valence-electron chi connectivity index (χ4n) is 6.00. The first kappa shape index (κ1) is 57.9. The van der Waals surface area contributed by atoms with Gasteiger partial charge in [0.05, 0.1) is 13.2 Å². The number of esters is 2. The summed E-state index contributed by atoms with van der Waals surface area (Å²) in [6, 6.07) is 0. The molecule has 0 aliphatic rings. The van der Waals surface area contributed by atoms with E-state index in [1.807, 2.05) is 0 Å². The first-order valence-corrected chi connectivity index (χ1v) is 25.2. The van der Waals surface area contributed by atoms with Crippen LogP contribution in [0.15, 0.2) is 97.2 Å². The van der Waals surface area contributed by atoms with E-state index in [1.165, 1.54) is 44.9 Å². The van der Waals surface area contributed by atoms with Gasteiger partial charge < -0.3 is 20.1 Å². The van der Waals surface area contributed by atoms with E-state index >= 15 is 0 Å². The fraction of sp³-hybridized carbons (Fsp3) is 0.647. The van der Waals surface area contributed by atoms with Gasteiger partial charge in [0.15, 0.2) is 6.10 Å². The number of phosphoric acid groups is 1. The molecule has 0 aromatic heterocycles. The van der Waals surface area contributed by atoms with Gasteiger partial charge in [0.1, 0.15) is 6.61 Å². The SMILES string of the molecule is CC/C=C\C/C=C\C/C=C\C/C=C\C/C=C\C/C=C\C/C=C\C/C=C\CCCCCCCCCCC(=O)OC(COC(=O)CCCCCCCCC)COP(=O)(O)OCCN. The summed E-state index contributed by atoms with van der Waals surface area (Å²) >= 11 is 0. The third-order valence-corrected chi connectivity index (χ3v) is 10.5. The van der Waals surface area contributed by atoms with Gasteiger partial charge in [-0.3, -0.25) is 18.6 Å². The molecule has 2 unspecified atom stereocenters. The first-order valence-electron chi connectivity index (χ1n) is 23.7. The molecule has 0 saturated carbocycles. The number of rotatable bonds is 43. The van der Waals surface area contributed by atoms with Gasteiger partial charge >= 0.3 is 19.8 Å². The second-order valence-electron chi connectivity index (χ2n) is 15.2. The molecule has 2 atom stereocenters. The molecule has 0 amide bonds. The zero-order chi connectivity index (χ0) is 44.6. The summed E-state index contributed by atoms with van der Waals surface area (Å²) in [7, 11) is -4.38. The Bertz CT molecular complexity index is 1320. The maximum absolute atomic E-state index is 12.6. The van der Waals surface area contributed by atoms with Crippen LogP contribution in [0.1, 0.15) is 181 Å². The molecule has 0 spiro atoms. The number of hydrogen-bond acceptors (Lipinski definition) is 8. The Labute approximate surface area is 372 Å². The van der Waals surface area contributed by atoms with Crippen LogP contribution < -0.4 is 5.73 Å². The van der Waals surface area contributed by atoms with Crippen LogP contribution in [0.4, 0.5) is 0 Å². The number of nitrogens with two attached hydrogens (primary N) is 1. The first-order chi connectivity index (χ1) is 29.8. The maximum atomic E-state index is 12.6. The van der Waals surface area contributed by atoms with Crippen LogP contribution in [0.25, 0.3) is 0 Å². The van der Waals surface area contributed by atoms with Crippen molar-refractivity contribution in [3.8, 4) is 0 Å². The Kier molecular flexibility index (Phi) is 44.1. The van der Waals surface area contributed by atoms with Gasteiger partial charge in [0, 0.05) is 19.4 Å². The van der Waals surface area contributed by atoms with Crippen LogP contribution in [0.2, 0.25) is 0 Å². The van der Waals surface area contributed by atoms with Gasteiger partial charge in [0.25, 0.3) is 0 Å². The van der Waals surface area contributed by atoms with Crippen molar-refractivity contribution in [1.82, 2.24) is 0 Å². The Morgan fingerprint density at radius 1 is 0.508 bits per heavy atom. The van der Waals surface area contributed by atoms with Crippen LogP contribution in [0.5, 0.6) is 0 Å². The highest BCUT2D eigenvalue weighted by Crippen LogP contribution is 2.43. The molecule has 0 radical (unpaired) electrons. The van der Waals surface area contributed by atoms with Gasteiger partial charge in [0.2, 0.25) is 0 Å². The Morgan fingerprint density at radius 3 is 1.34 bits per heavy atom. The van der Waals surface area contributed by atoms with Crippen LogP contribution in [-0.4, -0.2) is 49.3 Å². The van der Waals surface area contributed by atoms with Crippen LogP contribution in [0, 0.1) is 0 Å². The molecule has 0 aromatic carbocycles. The summed E-state index contributed by atoms with van der Waals surface area (Å²) in [6.45, 7) is 3.54. The number of hydrogen-bond donors (Lipinski definition) is 2. The minimum absolute atomic E-state index is 0.0480. The molecular weight excluding hydrogens is 786 g/mol. The molecule has 0 aliphatic heterocycles. The second-order valence-corrected chi connectivity index (χ2v) is 16.7. The molecule has 61 heavy (non-hydrogen) atoms. The van der Waals surface area contributed by atoms with E-state index in [-0.39, 0.29) is 32.6 Å². The lowest BCUT2D eigenvalue weighted by atomic mass is 10.1. The number of allylic oxidation sites excluding steroid dienone is 16. The number of carbonyl (C=O) groups is 2. The minimum atomic E-state index is -4.38. The second kappa shape index (κ2) is 46.4. The zero-order valence-corrected chi connectivity index (χ0v) is 39.3. The van der Waals surface area contributed by atoms with Crippen LogP contribution >= 0.6 is 7.82 Å². The highest BCUT2D eigenvalue weighted by molar-refractivity contribution is 7.47. The fourth-order valence-corrected chi connectivity index (χ4v) is 6.77. The summed E-state index contributed by atoms with van der Waals surface area (Å²) in [5.41, 5.74) is 5.34. The van der Waals surface area contributed by atoms with Gasteiger partial charge in [-0.15, -0.1) is 0 Å². The highest BCUT2D eigenvalue weighted by Gasteiger charge is 2.26. The van der Waals surface area contributed by atoms with E-state index in [0.717, 1.165) is 103 Å². The van der Waals surface area contributed by atoms with Crippen molar-refractivity contribution in [2.45, 2.75) is 187 Å². The van der Waals surface area contributed by atoms with Gasteiger partial charge in [-0.2, -0.15) is 0 Å². The van der Waals surface area contributed by atoms with E-state index in [4.69, 9.17) is 24.3 Å². The van der Waals surface area contributed by atoms with Crippen molar-refractivity contribution in [3.05, 3.63) is 97.2 Å². The summed E-state index contributed by atoms with van der Waals surface area (Å²) < 4.78 is 32.6. The number of phosphoric ester groups is 1. The molecule has 9 nitrogen and oxygen atoms in total. The van der Waals surface area contributed by atoms with Crippen LogP contribution in [0.3, 0.4) is 0 Å². The maximum Gasteiger partial charge on any atom is 0.472 e. The van der Waals surface area contributed by atoms with Gasteiger partial charge in [-0.25, -0.2) is 4.57 Å². The quantitative estimate of drug-likeness (QED) is 0.0266. The predicted octanol–water partition coefficient (Wildman–Crippen LogP) is 14.2. The molecule has 0 aliphatic carbocycles. The largest absolute Gasteiger partial charge is 0.472 e. The van der Waals surface area contributed by atoms with Gasteiger partial charge in [-0.1, -0.05) is 188 Å². The summed E-state index contributed by atoms with van der Waals surface area (Å²) in [5.74, 6) is -0.852. The van der Waals surface area contributed by atoms with Crippen molar-refractivity contribution < 1.29 is 37.6 Å². The molecule has 0 fully saturated rings. The minimum Gasteiger partial charge on any atom is -0.462 e. The van der Waals surface area contributed by atoms with E-state index in [1.54, 1.807) is 0 Å². The normalized spacial score (nSPS) is 14.1. The molecule has 0 bridgehead atoms. The Hall–Kier alpha value is -3.07. The third kappa shape index (κ3) is 46.3. The molecule has 0 saturated heterocycles. The van der Waals surface area contributed by atoms with Crippen molar-refractivity contribution >= 4 is 19.8 Å². The molecule has 0 rings (SSSR count). The summed E-state index contributed by atoms with van der Waals surface area (Å²) in [6.07, 6.45) is 60.5. The average molecular weight is 872 g/mol. The number of unbranched alkanes of at least 4 members (excludes halogenated alkanes) is 14. The standard InChI is InChI=1S/C51H86NO8P/c1-3-5-7-9-11-12-13-14-15-16-17-18-19-20-21-22-23-24-25-26-27-28-29-30-31-32-33-34-35-36-38-40-42-44-51(54)60-49(48-59-61(55,56)58-46-45-52)47-57-50(53)43-41-39-37-10-8-6-4-2/h5,7,11-12,14-15,17-18,20-21,23-24,26-27,29-30,49H,3-4,6,8-10,13,16,19,22,25,28,31-48,52H2,1-2H3,(H,55,56)/b7-5-,12-11-,15-14-,18-17-,21-20-,24-23-,27-26-,30-29-. The molecule has 10 heteroatoms. The topological polar surface area (TPSA) is 134 Å². The van der Waals surface area contributed by atoms with Crippen LogP contribution in [-0.2, 0) is 32.7 Å². The lowest BCUT2D eigenvalue weighted by Crippen LogP contribution is -2.29. The van der Waals surface area contributed by atoms with Crippen molar-refractivity contribution in [2.24, 2.45) is 5.73 Å². The Balaban J connectivity index is 3.97. The molecule has 0 aromatic rings. The summed E-state index contributed by atoms with van der Waals surface area (Å²) in [4.78, 5) is 34.7. The van der Waals surface area contributed by atoms with Crippen molar-refractivity contribution in [3.63, 3.8) is 0 Å². The monoisotopic (exact) mass is 872 g/mol. The zero-order valence-electron chi connectivity index (χ0n) is 38.4. The molecule has 3 N–H and O–H groups in total. The van der Waals surface area contributed by atoms with Crippen molar-refractivity contribution in [2.75, 3.05) is 26.4 Å². The predicted molar refractivity (Wildman–Crippen MR) is 256 cm³/mol.